The van der Waals surface area contributed by atoms with Crippen LogP contribution in [0.1, 0.15) is 83.2 Å². The number of benzene rings is 3. The molecule has 49 heavy (non-hydrogen) atoms. The Balaban J connectivity index is 1.08. The third kappa shape index (κ3) is 5.67. The zero-order chi connectivity index (χ0) is 33.7. The number of methoxy groups -OCH3 is 1. The molecule has 3 aliphatic carbocycles. The quantitative estimate of drug-likeness (QED) is 0.187. The molecule has 7 atom stereocenters. The van der Waals surface area contributed by atoms with Crippen LogP contribution >= 0.6 is 0 Å². The number of hydrogen-bond donors (Lipinski definition) is 1. The van der Waals surface area contributed by atoms with Crippen LogP contribution in [0.2, 0.25) is 0 Å². The summed E-state index contributed by atoms with van der Waals surface area (Å²) in [5, 5.41) is 10.2. The number of nitrogens with zero attached hydrogens (tertiary/aromatic N) is 2. The molecule has 8 rings (SSSR count). The lowest BCUT2D eigenvalue weighted by molar-refractivity contribution is -0.142. The number of rotatable bonds is 13. The number of ether oxygens (including phenoxy) is 2. The number of unbranched alkanes of at least 4 members (excludes halogenated alkanes) is 1. The fraction of sp³-hybridized carbons (Fsp3) is 0.488. The van der Waals surface area contributed by atoms with Gasteiger partial charge in [0.2, 0.25) is 5.91 Å². The van der Waals surface area contributed by atoms with Crippen LogP contribution in [-0.2, 0) is 16.6 Å². The summed E-state index contributed by atoms with van der Waals surface area (Å²) in [6.45, 7) is 1.83. The molecule has 2 bridgehead atoms. The van der Waals surface area contributed by atoms with Gasteiger partial charge in [0.05, 0.1) is 25.8 Å². The summed E-state index contributed by atoms with van der Waals surface area (Å²) >= 11 is 0. The number of hydrogen-bond acceptors (Lipinski definition) is 7. The Morgan fingerprint density at radius 3 is 2.33 bits per heavy atom. The van der Waals surface area contributed by atoms with Crippen molar-refractivity contribution in [3.8, 4) is 11.5 Å². The van der Waals surface area contributed by atoms with E-state index < -0.39 is 0 Å². The zero-order valence-electron chi connectivity index (χ0n) is 28.3. The minimum Gasteiger partial charge on any atom is -0.493 e. The molecule has 3 fully saturated rings. The van der Waals surface area contributed by atoms with Gasteiger partial charge in [-0.05, 0) is 69.0 Å². The van der Waals surface area contributed by atoms with E-state index in [2.05, 4.69) is 11.0 Å². The summed E-state index contributed by atoms with van der Waals surface area (Å²) in [6, 6.07) is 22.8. The van der Waals surface area contributed by atoms with Gasteiger partial charge in [0.1, 0.15) is 6.10 Å². The topological polar surface area (TPSA) is 96.4 Å². The van der Waals surface area contributed by atoms with Crippen molar-refractivity contribution < 1.29 is 29.0 Å². The highest BCUT2D eigenvalue weighted by molar-refractivity contribution is 5.99. The van der Waals surface area contributed by atoms with Crippen molar-refractivity contribution in [2.75, 3.05) is 26.7 Å². The maximum Gasteiger partial charge on any atom is 0.223 e. The minimum atomic E-state index is -0.292. The number of amides is 1. The van der Waals surface area contributed by atoms with Gasteiger partial charge in [-0.15, -0.1) is 0 Å². The molecule has 2 heterocycles. The van der Waals surface area contributed by atoms with Crippen LogP contribution in [0.4, 0.5) is 0 Å². The van der Waals surface area contributed by atoms with Crippen LogP contribution in [0.5, 0.6) is 11.5 Å². The number of ketones is 2. The van der Waals surface area contributed by atoms with Crippen molar-refractivity contribution in [3.05, 3.63) is 95.1 Å². The SMILES string of the molecule is COc1ccc2c3c1O[C@H]1[C@H](N(CC(=O)c4ccccc4)C(=O)CCCCC(=O)c4ccccc4)CC[C@H]4[C@@H](C2)N(CC2CC2O)CC[C@@]341. The van der Waals surface area contributed by atoms with Gasteiger partial charge < -0.3 is 19.5 Å². The average molecular weight is 663 g/mol. The summed E-state index contributed by atoms with van der Waals surface area (Å²) < 4.78 is 12.9. The van der Waals surface area contributed by atoms with Crippen LogP contribution in [-0.4, -0.2) is 83.4 Å². The maximum absolute atomic E-state index is 14.3. The molecule has 1 saturated heterocycles. The summed E-state index contributed by atoms with van der Waals surface area (Å²) in [7, 11) is 1.68. The molecule has 8 nitrogen and oxygen atoms in total. The van der Waals surface area contributed by atoms with Gasteiger partial charge in [-0.1, -0.05) is 66.7 Å². The fourth-order valence-electron chi connectivity index (χ4n) is 9.76. The lowest BCUT2D eigenvalue weighted by Crippen LogP contribution is -2.69. The fourth-order valence-corrected chi connectivity index (χ4v) is 9.76. The molecule has 5 aliphatic rings. The maximum atomic E-state index is 14.3. The van der Waals surface area contributed by atoms with Crippen LogP contribution in [0.15, 0.2) is 72.8 Å². The standard InChI is InChI=1S/C41H46N2O6/c1-48-36-19-16-28-22-32-30-17-18-31(40-41(30,38(28)39(36)49-40)20-21-42(32)24-29-23-34(29)45)43(25-35(46)27-12-6-3-7-13-27)37(47)15-9-8-14-33(44)26-10-4-2-5-11-26/h2-7,10-13,16,19,29-32,34,40,45H,8-9,14-15,17-18,20-25H2,1H3/t29?,30-,31+,32+,34?,40-,41-/m0/s1. The van der Waals surface area contributed by atoms with E-state index in [0.717, 1.165) is 56.7 Å². The summed E-state index contributed by atoms with van der Waals surface area (Å²) in [6.07, 6.45) is 5.78. The molecule has 2 unspecified atom stereocenters. The highest BCUT2D eigenvalue weighted by atomic mass is 16.5. The molecule has 2 aliphatic heterocycles. The Morgan fingerprint density at radius 1 is 0.939 bits per heavy atom. The third-order valence-corrected chi connectivity index (χ3v) is 12.2. The predicted octanol–water partition coefficient (Wildman–Crippen LogP) is 5.64. The van der Waals surface area contributed by atoms with Gasteiger partial charge in [-0.2, -0.15) is 0 Å². The molecule has 256 valence electrons. The average Bonchev–Trinajstić information content (AvgIpc) is 3.72. The Bertz CT molecular complexity index is 1730. The first-order valence-electron chi connectivity index (χ1n) is 18.1. The number of carbonyl (C=O) groups is 3. The van der Waals surface area contributed by atoms with Crippen LogP contribution < -0.4 is 9.47 Å². The highest BCUT2D eigenvalue weighted by Gasteiger charge is 2.67. The van der Waals surface area contributed by atoms with Crippen molar-refractivity contribution >= 4 is 17.5 Å². The zero-order valence-corrected chi connectivity index (χ0v) is 28.3. The van der Waals surface area contributed by atoms with Gasteiger partial charge in [0, 0.05) is 53.5 Å². The second-order valence-corrected chi connectivity index (χ2v) is 14.8. The lowest BCUT2D eigenvalue weighted by atomic mass is 9.51. The van der Waals surface area contributed by atoms with Crippen LogP contribution in [0.3, 0.4) is 0 Å². The molecule has 3 aromatic rings. The monoisotopic (exact) mass is 662 g/mol. The van der Waals surface area contributed by atoms with Crippen LogP contribution in [0.25, 0.3) is 0 Å². The molecule has 0 radical (unpaired) electrons. The van der Waals surface area contributed by atoms with Gasteiger partial charge in [0.25, 0.3) is 0 Å². The number of Topliss-reactive ketones (excluding diaryl/α,β-unsaturated/α-hetero) is 2. The Labute approximate surface area is 288 Å². The lowest BCUT2D eigenvalue weighted by Gasteiger charge is -2.60. The smallest absolute Gasteiger partial charge is 0.223 e. The van der Waals surface area contributed by atoms with Gasteiger partial charge in [0.15, 0.2) is 23.1 Å². The van der Waals surface area contributed by atoms with E-state index in [0.29, 0.717) is 48.3 Å². The van der Waals surface area contributed by atoms with E-state index in [9.17, 15) is 19.5 Å². The molecule has 2 saturated carbocycles. The number of carbonyl (C=O) groups excluding carboxylic acids is 3. The summed E-state index contributed by atoms with van der Waals surface area (Å²) in [5.74, 6) is 2.18. The highest BCUT2D eigenvalue weighted by Crippen LogP contribution is 2.64. The number of likely N-dealkylation sites (tertiary alicyclic amines) is 1. The van der Waals surface area contributed by atoms with Crippen molar-refractivity contribution in [2.24, 2.45) is 11.8 Å². The molecular weight excluding hydrogens is 616 g/mol. The van der Waals surface area contributed by atoms with Crippen molar-refractivity contribution in [1.29, 1.82) is 0 Å². The molecular formula is C41H46N2O6. The minimum absolute atomic E-state index is 0.00742. The number of aliphatic hydroxyl groups is 1. The van der Waals surface area contributed by atoms with Crippen molar-refractivity contribution in [3.63, 3.8) is 0 Å². The van der Waals surface area contributed by atoms with E-state index >= 15 is 0 Å². The molecule has 1 spiro atoms. The van der Waals surface area contributed by atoms with E-state index in [1.54, 1.807) is 7.11 Å². The second kappa shape index (κ2) is 13.0. The van der Waals surface area contributed by atoms with E-state index in [4.69, 9.17) is 9.47 Å². The largest absolute Gasteiger partial charge is 0.493 e. The Hall–Kier alpha value is -4.01. The van der Waals surface area contributed by atoms with Gasteiger partial charge in [-0.3, -0.25) is 19.3 Å². The molecule has 1 N–H and O–H groups in total. The number of piperidine rings is 1. The van der Waals surface area contributed by atoms with Gasteiger partial charge in [-0.25, -0.2) is 0 Å². The third-order valence-electron chi connectivity index (χ3n) is 12.2. The van der Waals surface area contributed by atoms with Crippen LogP contribution in [0, 0.1) is 11.8 Å². The van der Waals surface area contributed by atoms with E-state index in [1.165, 1.54) is 11.1 Å². The summed E-state index contributed by atoms with van der Waals surface area (Å²) in [4.78, 5) is 45.3. The van der Waals surface area contributed by atoms with Gasteiger partial charge >= 0.3 is 0 Å². The Kier molecular flexibility index (Phi) is 8.57. The van der Waals surface area contributed by atoms with Crippen molar-refractivity contribution in [2.45, 2.75) is 87.5 Å². The van der Waals surface area contributed by atoms with Crippen molar-refractivity contribution in [1.82, 2.24) is 9.80 Å². The van der Waals surface area contributed by atoms with E-state index in [-0.39, 0.29) is 54.1 Å². The Morgan fingerprint density at radius 2 is 1.63 bits per heavy atom. The molecule has 1 amide bonds. The molecule has 0 aromatic heterocycles. The first kappa shape index (κ1) is 32.2. The second-order valence-electron chi connectivity index (χ2n) is 14.8. The molecule has 3 aromatic carbocycles. The normalized spacial score (nSPS) is 29.0. The molecule has 8 heteroatoms. The predicted molar refractivity (Wildman–Crippen MR) is 185 cm³/mol. The van der Waals surface area contributed by atoms with E-state index in [1.807, 2.05) is 71.6 Å². The number of aliphatic hydroxyl groups excluding tert-OH is 1. The first-order chi connectivity index (χ1) is 23.9. The first-order valence-corrected chi connectivity index (χ1v) is 18.1. The summed E-state index contributed by atoms with van der Waals surface area (Å²) in [5.41, 5.74) is 3.56.